The van der Waals surface area contributed by atoms with Gasteiger partial charge in [0, 0.05) is 20.1 Å². The summed E-state index contributed by atoms with van der Waals surface area (Å²) in [6.07, 6.45) is 0. The van der Waals surface area contributed by atoms with Gasteiger partial charge in [-0.1, -0.05) is 13.0 Å². The Balaban J connectivity index is 2.48. The minimum Gasteiger partial charge on any atom is -0.465 e. The topological polar surface area (TPSA) is 41.6 Å². The number of rotatable bonds is 1. The van der Waals surface area contributed by atoms with E-state index in [1.165, 1.54) is 7.11 Å². The number of para-hydroxylation sites is 1. The fourth-order valence-corrected chi connectivity index (χ4v) is 2.28. The molecule has 1 unspecified atom stereocenters. The molecule has 4 heteroatoms. The average molecular weight is 234 g/mol. The summed E-state index contributed by atoms with van der Waals surface area (Å²) in [5, 5.41) is 3.38. The Morgan fingerprint density at radius 3 is 3.00 bits per heavy atom. The maximum absolute atomic E-state index is 11.7. The van der Waals surface area contributed by atoms with Crippen molar-refractivity contribution in [3.05, 3.63) is 23.8 Å². The molecule has 0 bridgehead atoms. The van der Waals surface area contributed by atoms with Crippen LogP contribution in [-0.4, -0.2) is 33.2 Å². The number of benzene rings is 1. The Morgan fingerprint density at radius 2 is 2.29 bits per heavy atom. The Hall–Kier alpha value is -1.71. The maximum atomic E-state index is 11.7. The van der Waals surface area contributed by atoms with Crippen molar-refractivity contribution in [1.82, 2.24) is 0 Å². The number of nitrogens with zero attached hydrogens (tertiary/aromatic N) is 1. The average Bonchev–Trinajstić information content (AvgIpc) is 2.48. The minimum atomic E-state index is -0.287. The molecule has 0 radical (unpaired) electrons. The number of anilines is 2. The lowest BCUT2D eigenvalue weighted by atomic mass is 10.1. The highest BCUT2D eigenvalue weighted by molar-refractivity contribution is 5.99. The maximum Gasteiger partial charge on any atom is 0.340 e. The number of ether oxygens (including phenoxy) is 1. The summed E-state index contributed by atoms with van der Waals surface area (Å²) in [7, 11) is 3.42. The van der Waals surface area contributed by atoms with Gasteiger partial charge in [0.05, 0.1) is 24.0 Å². The highest BCUT2D eigenvalue weighted by atomic mass is 16.5. The van der Waals surface area contributed by atoms with Crippen molar-refractivity contribution >= 4 is 17.3 Å². The molecular formula is C13H18N2O2. The van der Waals surface area contributed by atoms with E-state index < -0.39 is 0 Å². The van der Waals surface area contributed by atoms with Gasteiger partial charge in [0.25, 0.3) is 0 Å². The van der Waals surface area contributed by atoms with Crippen LogP contribution in [-0.2, 0) is 4.74 Å². The predicted molar refractivity (Wildman–Crippen MR) is 68.7 cm³/mol. The molecule has 0 spiro atoms. The molecule has 0 fully saturated rings. The fraction of sp³-hybridized carbons (Fsp3) is 0.462. The van der Waals surface area contributed by atoms with Crippen molar-refractivity contribution in [3.63, 3.8) is 0 Å². The van der Waals surface area contributed by atoms with Gasteiger partial charge in [-0.25, -0.2) is 4.79 Å². The van der Waals surface area contributed by atoms with Gasteiger partial charge in [-0.3, -0.25) is 0 Å². The first kappa shape index (κ1) is 11.8. The van der Waals surface area contributed by atoms with Crippen LogP contribution in [0.25, 0.3) is 0 Å². The minimum absolute atomic E-state index is 0.287. The van der Waals surface area contributed by atoms with E-state index in [4.69, 9.17) is 4.74 Å². The van der Waals surface area contributed by atoms with Gasteiger partial charge in [0.1, 0.15) is 0 Å². The molecule has 2 rings (SSSR count). The fourth-order valence-electron chi connectivity index (χ4n) is 2.28. The van der Waals surface area contributed by atoms with E-state index in [1.54, 1.807) is 6.07 Å². The molecule has 17 heavy (non-hydrogen) atoms. The van der Waals surface area contributed by atoms with Gasteiger partial charge < -0.3 is 15.0 Å². The number of fused-ring (bicyclic) bond motifs is 1. The standard InChI is InChI=1S/C13H18N2O2/c1-9-7-14-11-6-4-5-10(13(16)17-3)12(11)15(2)8-9/h4-6,9,14H,7-8H2,1-3H3. The van der Waals surface area contributed by atoms with Crippen molar-refractivity contribution in [2.75, 3.05) is 37.5 Å². The first-order valence-corrected chi connectivity index (χ1v) is 5.79. The Kier molecular flexibility index (Phi) is 3.22. The molecular weight excluding hydrogens is 216 g/mol. The zero-order valence-electron chi connectivity index (χ0n) is 10.5. The summed E-state index contributed by atoms with van der Waals surface area (Å²) in [5.41, 5.74) is 2.55. The normalized spacial score (nSPS) is 19.0. The number of nitrogens with one attached hydrogen (secondary N) is 1. The molecule has 1 aliphatic rings. The molecule has 1 aromatic rings. The van der Waals surface area contributed by atoms with Crippen molar-refractivity contribution in [2.45, 2.75) is 6.92 Å². The van der Waals surface area contributed by atoms with Crippen LogP contribution < -0.4 is 10.2 Å². The van der Waals surface area contributed by atoms with E-state index >= 15 is 0 Å². The van der Waals surface area contributed by atoms with E-state index in [0.29, 0.717) is 11.5 Å². The summed E-state index contributed by atoms with van der Waals surface area (Å²) in [6, 6.07) is 5.68. The zero-order valence-corrected chi connectivity index (χ0v) is 10.5. The molecule has 0 aromatic heterocycles. The van der Waals surface area contributed by atoms with E-state index in [0.717, 1.165) is 24.5 Å². The molecule has 1 aromatic carbocycles. The first-order chi connectivity index (χ1) is 8.13. The molecule has 0 saturated carbocycles. The van der Waals surface area contributed by atoms with Crippen LogP contribution in [0, 0.1) is 5.92 Å². The number of carbonyl (C=O) groups is 1. The van der Waals surface area contributed by atoms with E-state index in [-0.39, 0.29) is 5.97 Å². The Bertz CT molecular complexity index is 431. The molecule has 1 N–H and O–H groups in total. The predicted octanol–water partition coefficient (Wildman–Crippen LogP) is 1.97. The quantitative estimate of drug-likeness (QED) is 0.754. The highest BCUT2D eigenvalue weighted by Gasteiger charge is 2.22. The van der Waals surface area contributed by atoms with Crippen LogP contribution in [0.3, 0.4) is 0 Å². The van der Waals surface area contributed by atoms with Gasteiger partial charge in [-0.2, -0.15) is 0 Å². The Morgan fingerprint density at radius 1 is 1.53 bits per heavy atom. The molecule has 1 heterocycles. The SMILES string of the molecule is COC(=O)c1cccc2c1N(C)CC(C)CN2. The number of hydrogen-bond donors (Lipinski definition) is 1. The number of methoxy groups -OCH3 is 1. The van der Waals surface area contributed by atoms with E-state index in [2.05, 4.69) is 17.1 Å². The molecule has 1 atom stereocenters. The molecule has 92 valence electrons. The summed E-state index contributed by atoms with van der Waals surface area (Å²) >= 11 is 0. The van der Waals surface area contributed by atoms with Gasteiger partial charge in [-0.15, -0.1) is 0 Å². The highest BCUT2D eigenvalue weighted by Crippen LogP contribution is 2.32. The van der Waals surface area contributed by atoms with Crippen LogP contribution in [0.2, 0.25) is 0 Å². The third kappa shape index (κ3) is 2.20. The summed E-state index contributed by atoms with van der Waals surface area (Å²) in [6.45, 7) is 4.03. The van der Waals surface area contributed by atoms with Crippen LogP contribution in [0.15, 0.2) is 18.2 Å². The second-order valence-corrected chi connectivity index (χ2v) is 4.56. The van der Waals surface area contributed by atoms with Crippen molar-refractivity contribution in [2.24, 2.45) is 5.92 Å². The third-order valence-corrected chi connectivity index (χ3v) is 3.05. The van der Waals surface area contributed by atoms with Gasteiger partial charge in [-0.05, 0) is 18.1 Å². The summed E-state index contributed by atoms with van der Waals surface area (Å²) in [4.78, 5) is 13.9. The van der Waals surface area contributed by atoms with E-state index in [1.807, 2.05) is 19.2 Å². The molecule has 0 aliphatic carbocycles. The first-order valence-electron chi connectivity index (χ1n) is 5.79. The second kappa shape index (κ2) is 4.65. The molecule has 0 amide bonds. The second-order valence-electron chi connectivity index (χ2n) is 4.56. The van der Waals surface area contributed by atoms with Crippen LogP contribution in [0.4, 0.5) is 11.4 Å². The zero-order chi connectivity index (χ0) is 12.4. The molecule has 1 aliphatic heterocycles. The lowest BCUT2D eigenvalue weighted by Gasteiger charge is -2.22. The number of carbonyl (C=O) groups excluding carboxylic acids is 1. The van der Waals surface area contributed by atoms with Crippen molar-refractivity contribution in [3.8, 4) is 0 Å². The largest absolute Gasteiger partial charge is 0.465 e. The van der Waals surface area contributed by atoms with Crippen LogP contribution >= 0.6 is 0 Å². The molecule has 4 nitrogen and oxygen atoms in total. The van der Waals surface area contributed by atoms with Gasteiger partial charge >= 0.3 is 5.97 Å². The third-order valence-electron chi connectivity index (χ3n) is 3.05. The lowest BCUT2D eigenvalue weighted by molar-refractivity contribution is 0.0601. The monoisotopic (exact) mass is 234 g/mol. The van der Waals surface area contributed by atoms with Crippen molar-refractivity contribution in [1.29, 1.82) is 0 Å². The van der Waals surface area contributed by atoms with Gasteiger partial charge in [0.2, 0.25) is 0 Å². The summed E-state index contributed by atoms with van der Waals surface area (Å²) < 4.78 is 4.82. The molecule has 0 saturated heterocycles. The number of esters is 1. The van der Waals surface area contributed by atoms with E-state index in [9.17, 15) is 4.79 Å². The summed E-state index contributed by atoms with van der Waals surface area (Å²) in [5.74, 6) is 0.253. The number of hydrogen-bond acceptors (Lipinski definition) is 4. The van der Waals surface area contributed by atoms with Crippen LogP contribution in [0.1, 0.15) is 17.3 Å². The van der Waals surface area contributed by atoms with Gasteiger partial charge in [0.15, 0.2) is 0 Å². The van der Waals surface area contributed by atoms with Crippen LogP contribution in [0.5, 0.6) is 0 Å². The Labute approximate surface area is 102 Å². The lowest BCUT2D eigenvalue weighted by Crippen LogP contribution is -2.25. The smallest absolute Gasteiger partial charge is 0.340 e. The van der Waals surface area contributed by atoms with Crippen molar-refractivity contribution < 1.29 is 9.53 Å².